The zero-order valence-electron chi connectivity index (χ0n) is 18.4. The fourth-order valence-corrected chi connectivity index (χ4v) is 2.94. The number of thiol groups is 1. The summed E-state index contributed by atoms with van der Waals surface area (Å²) in [5, 5.41) is 26.4. The van der Waals surface area contributed by atoms with E-state index >= 15 is 0 Å². The van der Waals surface area contributed by atoms with Crippen molar-refractivity contribution in [3.8, 4) is 5.75 Å². The van der Waals surface area contributed by atoms with Gasteiger partial charge in [-0.1, -0.05) is 32.4 Å². The van der Waals surface area contributed by atoms with Gasteiger partial charge < -0.3 is 31.9 Å². The van der Waals surface area contributed by atoms with E-state index in [1.807, 2.05) is 6.92 Å². The highest BCUT2D eigenvalue weighted by Crippen LogP contribution is 2.13. The van der Waals surface area contributed by atoms with Crippen LogP contribution in [0, 0.1) is 5.92 Å². The molecule has 0 fully saturated rings. The predicted octanol–water partition coefficient (Wildman–Crippen LogP) is -0.203. The summed E-state index contributed by atoms with van der Waals surface area (Å²) in [6.45, 7) is 5.04. The first-order valence-electron chi connectivity index (χ1n) is 10.3. The predicted molar refractivity (Wildman–Crippen MR) is 122 cm³/mol. The van der Waals surface area contributed by atoms with Crippen molar-refractivity contribution in [1.82, 2.24) is 16.0 Å². The Morgan fingerprint density at radius 1 is 1.00 bits per heavy atom. The molecule has 10 nitrogen and oxygen atoms in total. The number of carboxylic acid groups (broad SMARTS) is 1. The lowest BCUT2D eigenvalue weighted by Gasteiger charge is -2.27. The number of nitrogens with one attached hydrogen (secondary N) is 3. The number of aliphatic carboxylic acids is 1. The molecule has 0 aromatic heterocycles. The van der Waals surface area contributed by atoms with Crippen LogP contribution in [0.15, 0.2) is 24.3 Å². The van der Waals surface area contributed by atoms with Crippen molar-refractivity contribution < 1.29 is 29.4 Å². The Hall–Kier alpha value is -2.79. The summed E-state index contributed by atoms with van der Waals surface area (Å²) in [5.41, 5.74) is 6.19. The van der Waals surface area contributed by atoms with Crippen molar-refractivity contribution in [3.63, 3.8) is 0 Å². The molecule has 0 saturated carbocycles. The van der Waals surface area contributed by atoms with E-state index in [9.17, 15) is 29.4 Å². The highest BCUT2D eigenvalue weighted by molar-refractivity contribution is 7.80. The minimum atomic E-state index is -1.24. The van der Waals surface area contributed by atoms with Gasteiger partial charge in [0.05, 0.1) is 6.04 Å². The molecular formula is C21H32N4O6S. The van der Waals surface area contributed by atoms with Gasteiger partial charge in [0.2, 0.25) is 17.7 Å². The average Bonchev–Trinajstić information content (AvgIpc) is 2.76. The zero-order chi connectivity index (χ0) is 24.4. The van der Waals surface area contributed by atoms with Gasteiger partial charge in [-0.2, -0.15) is 12.6 Å². The normalized spacial score (nSPS) is 15.5. The summed E-state index contributed by atoms with van der Waals surface area (Å²) in [7, 11) is 0. The molecule has 0 spiro atoms. The van der Waals surface area contributed by atoms with Gasteiger partial charge in [0.15, 0.2) is 0 Å². The molecule has 1 aromatic carbocycles. The van der Waals surface area contributed by atoms with Crippen LogP contribution in [0.5, 0.6) is 5.75 Å². The Morgan fingerprint density at radius 2 is 1.59 bits per heavy atom. The van der Waals surface area contributed by atoms with Gasteiger partial charge in [-0.3, -0.25) is 14.4 Å². The number of amides is 3. The van der Waals surface area contributed by atoms with Crippen molar-refractivity contribution in [3.05, 3.63) is 29.8 Å². The number of aromatic hydroxyl groups is 1. The maximum Gasteiger partial charge on any atom is 0.326 e. The number of carbonyl (C=O) groups excluding carboxylic acids is 3. The van der Waals surface area contributed by atoms with E-state index in [1.165, 1.54) is 19.1 Å². The number of phenols is 1. The molecule has 32 heavy (non-hydrogen) atoms. The molecule has 1 rings (SSSR count). The second kappa shape index (κ2) is 12.9. The van der Waals surface area contributed by atoms with E-state index in [1.54, 1.807) is 19.1 Å². The standard InChI is InChI=1S/C21H32N4O6S/c1-4-11(2)17(25-18(27)12(3)23-19(28)15(22)10-32)20(29)24-16(21(30)31)9-13-5-7-14(26)8-6-13/h5-8,11-12,15-17,26,32H,4,9-10,22H2,1-3H3,(H,23,28)(H,24,29)(H,25,27)(H,30,31). The highest BCUT2D eigenvalue weighted by Gasteiger charge is 2.31. The molecule has 5 unspecified atom stereocenters. The lowest BCUT2D eigenvalue weighted by Crippen LogP contribution is -2.58. The van der Waals surface area contributed by atoms with Crippen LogP contribution < -0.4 is 21.7 Å². The first-order chi connectivity index (χ1) is 15.0. The Kier molecular flexibility index (Phi) is 11.0. The number of carbonyl (C=O) groups is 4. The van der Waals surface area contributed by atoms with E-state index in [2.05, 4.69) is 28.6 Å². The molecule has 0 bridgehead atoms. The molecule has 7 N–H and O–H groups in total. The molecular weight excluding hydrogens is 436 g/mol. The quantitative estimate of drug-likeness (QED) is 0.208. The lowest BCUT2D eigenvalue weighted by atomic mass is 9.97. The maximum atomic E-state index is 12.9. The van der Waals surface area contributed by atoms with Crippen LogP contribution in [0.2, 0.25) is 0 Å². The summed E-state index contributed by atoms with van der Waals surface area (Å²) in [6.07, 6.45) is 0.538. The van der Waals surface area contributed by atoms with Crippen LogP contribution in [0.1, 0.15) is 32.8 Å². The van der Waals surface area contributed by atoms with Crippen molar-refractivity contribution in [2.75, 3.05) is 5.75 Å². The minimum absolute atomic E-state index is 0.00337. The number of phenolic OH excluding ortho intramolecular Hbond substituents is 1. The smallest absolute Gasteiger partial charge is 0.326 e. The number of nitrogens with two attached hydrogens (primary N) is 1. The molecule has 3 amide bonds. The van der Waals surface area contributed by atoms with Crippen LogP contribution >= 0.6 is 12.6 Å². The second-order valence-electron chi connectivity index (χ2n) is 7.66. The van der Waals surface area contributed by atoms with Gasteiger partial charge in [-0.25, -0.2) is 4.79 Å². The fourth-order valence-electron chi connectivity index (χ4n) is 2.78. The monoisotopic (exact) mass is 468 g/mol. The summed E-state index contributed by atoms with van der Waals surface area (Å²) in [5.74, 6) is -3.19. The van der Waals surface area contributed by atoms with Gasteiger partial charge in [0.25, 0.3) is 0 Å². The van der Waals surface area contributed by atoms with E-state index in [4.69, 9.17) is 5.73 Å². The van der Waals surface area contributed by atoms with E-state index in [0.29, 0.717) is 12.0 Å². The molecule has 0 heterocycles. The third-order valence-corrected chi connectivity index (χ3v) is 5.46. The molecule has 0 aliphatic carbocycles. The molecule has 178 valence electrons. The van der Waals surface area contributed by atoms with Gasteiger partial charge in [-0.05, 0) is 30.5 Å². The Balaban J connectivity index is 2.89. The summed E-state index contributed by atoms with van der Waals surface area (Å²) < 4.78 is 0. The second-order valence-corrected chi connectivity index (χ2v) is 8.03. The van der Waals surface area contributed by atoms with Gasteiger partial charge >= 0.3 is 5.97 Å². The zero-order valence-corrected chi connectivity index (χ0v) is 19.3. The van der Waals surface area contributed by atoms with Crippen LogP contribution in [-0.4, -0.2) is 63.8 Å². The molecule has 11 heteroatoms. The topological polar surface area (TPSA) is 171 Å². The molecule has 0 aliphatic heterocycles. The van der Waals surface area contributed by atoms with Crippen molar-refractivity contribution >= 4 is 36.3 Å². The highest BCUT2D eigenvalue weighted by atomic mass is 32.1. The molecule has 0 saturated heterocycles. The van der Waals surface area contributed by atoms with E-state index in [-0.39, 0.29) is 23.8 Å². The van der Waals surface area contributed by atoms with Gasteiger partial charge in [-0.15, -0.1) is 0 Å². The number of hydrogen-bond acceptors (Lipinski definition) is 7. The fraction of sp³-hybridized carbons (Fsp3) is 0.524. The maximum absolute atomic E-state index is 12.9. The average molecular weight is 469 g/mol. The Labute approximate surface area is 192 Å². The van der Waals surface area contributed by atoms with Crippen molar-refractivity contribution in [1.29, 1.82) is 0 Å². The number of hydrogen-bond donors (Lipinski definition) is 7. The lowest BCUT2D eigenvalue weighted by molar-refractivity contribution is -0.142. The third kappa shape index (κ3) is 8.39. The van der Waals surface area contributed by atoms with Gasteiger partial charge in [0, 0.05) is 12.2 Å². The first kappa shape index (κ1) is 27.2. The Bertz CT molecular complexity index is 804. The summed E-state index contributed by atoms with van der Waals surface area (Å²) >= 11 is 3.94. The van der Waals surface area contributed by atoms with Gasteiger partial charge in [0.1, 0.15) is 23.9 Å². The first-order valence-corrected chi connectivity index (χ1v) is 10.9. The number of rotatable bonds is 12. The molecule has 0 aliphatic rings. The number of carboxylic acids is 1. The minimum Gasteiger partial charge on any atom is -0.508 e. The van der Waals surface area contributed by atoms with Crippen molar-refractivity contribution in [2.24, 2.45) is 11.7 Å². The van der Waals surface area contributed by atoms with E-state index < -0.39 is 47.9 Å². The summed E-state index contributed by atoms with van der Waals surface area (Å²) in [4.78, 5) is 49.0. The van der Waals surface area contributed by atoms with Crippen LogP contribution in [0.25, 0.3) is 0 Å². The van der Waals surface area contributed by atoms with Crippen LogP contribution in [-0.2, 0) is 25.6 Å². The molecule has 1 aromatic rings. The number of benzene rings is 1. The molecule has 0 radical (unpaired) electrons. The van der Waals surface area contributed by atoms with Crippen LogP contribution in [0.3, 0.4) is 0 Å². The van der Waals surface area contributed by atoms with Crippen LogP contribution in [0.4, 0.5) is 0 Å². The third-order valence-electron chi connectivity index (χ3n) is 5.07. The summed E-state index contributed by atoms with van der Waals surface area (Å²) in [6, 6.07) is 1.89. The Morgan fingerprint density at radius 3 is 2.09 bits per heavy atom. The SMILES string of the molecule is CCC(C)C(NC(=O)C(C)NC(=O)C(N)CS)C(=O)NC(Cc1ccc(O)cc1)C(=O)O. The van der Waals surface area contributed by atoms with Crippen molar-refractivity contribution in [2.45, 2.75) is 57.8 Å². The molecule has 5 atom stereocenters. The van der Waals surface area contributed by atoms with E-state index in [0.717, 1.165) is 0 Å². The largest absolute Gasteiger partial charge is 0.508 e.